The van der Waals surface area contributed by atoms with Gasteiger partial charge in [0, 0.05) is 23.4 Å². The van der Waals surface area contributed by atoms with Gasteiger partial charge in [0.2, 0.25) is 0 Å². The molecule has 0 aliphatic carbocycles. The Hall–Kier alpha value is -3.48. The average molecular weight is 560 g/mol. The van der Waals surface area contributed by atoms with Gasteiger partial charge in [-0.25, -0.2) is 9.48 Å². The number of hydrogen-bond donors (Lipinski definition) is 1. The second kappa shape index (κ2) is 12.4. The number of aliphatic carboxylic acids is 1. The van der Waals surface area contributed by atoms with E-state index >= 15 is 0 Å². The van der Waals surface area contributed by atoms with Gasteiger partial charge in [0.15, 0.2) is 5.54 Å². The molecule has 1 unspecified atom stereocenters. The maximum Gasteiger partial charge on any atom is 0.332 e. The number of carboxylic acid groups (broad SMARTS) is 1. The highest BCUT2D eigenvalue weighted by Gasteiger charge is 2.52. The molecule has 0 saturated carbocycles. The molecule has 4 rings (SSSR count). The molecule has 1 heterocycles. The molecular formula is C33H38ClN3O3. The maximum absolute atomic E-state index is 13.9. The van der Waals surface area contributed by atoms with Gasteiger partial charge in [0.05, 0.1) is 11.1 Å². The number of rotatable bonds is 11. The molecule has 0 spiro atoms. The topological polar surface area (TPSA) is 75.4 Å². The summed E-state index contributed by atoms with van der Waals surface area (Å²) < 4.78 is 1.27. The number of benzene rings is 3. The van der Waals surface area contributed by atoms with Gasteiger partial charge in [-0.15, -0.1) is 0 Å². The molecule has 0 radical (unpaired) electrons. The average Bonchev–Trinajstić information content (AvgIpc) is 2.91. The lowest BCUT2D eigenvalue weighted by atomic mass is 9.70. The molecule has 6 nitrogen and oxygen atoms in total. The first kappa shape index (κ1) is 29.5. The number of carboxylic acids is 1. The minimum atomic E-state index is -1.53. The van der Waals surface area contributed by atoms with Gasteiger partial charge in [-0.3, -0.25) is 4.79 Å². The molecule has 0 aliphatic heterocycles. The second-order valence-electron chi connectivity index (χ2n) is 11.6. The first-order valence-corrected chi connectivity index (χ1v) is 14.1. The zero-order chi connectivity index (χ0) is 28.9. The molecule has 1 aromatic heterocycles. The molecule has 0 aliphatic rings. The number of hydrogen-bond acceptors (Lipinski definition) is 4. The summed E-state index contributed by atoms with van der Waals surface area (Å²) in [7, 11) is 2.07. The fourth-order valence-corrected chi connectivity index (χ4v) is 5.62. The molecule has 0 fully saturated rings. The molecule has 7 heteroatoms. The van der Waals surface area contributed by atoms with Crippen molar-refractivity contribution in [3.63, 3.8) is 0 Å². The predicted octanol–water partition coefficient (Wildman–Crippen LogP) is 6.77. The molecule has 40 heavy (non-hydrogen) atoms. The molecule has 3 aromatic carbocycles. The summed E-state index contributed by atoms with van der Waals surface area (Å²) in [5.74, 6) is -1.04. The number of carbonyl (C=O) groups is 1. The van der Waals surface area contributed by atoms with Gasteiger partial charge in [-0.2, -0.15) is 5.10 Å². The van der Waals surface area contributed by atoms with Gasteiger partial charge in [0.25, 0.3) is 5.56 Å². The highest BCUT2D eigenvalue weighted by atomic mass is 35.5. The molecule has 210 valence electrons. The van der Waals surface area contributed by atoms with E-state index in [0.717, 1.165) is 30.5 Å². The largest absolute Gasteiger partial charge is 0.479 e. The van der Waals surface area contributed by atoms with Crippen LogP contribution in [-0.2, 0) is 23.3 Å². The number of unbranched alkanes of at least 4 members (excludes halogenated alkanes) is 1. The number of aromatic nitrogens is 2. The molecule has 4 aromatic rings. The predicted molar refractivity (Wildman–Crippen MR) is 162 cm³/mol. The summed E-state index contributed by atoms with van der Waals surface area (Å²) in [6.07, 6.45) is 2.17. The lowest BCUT2D eigenvalue weighted by Gasteiger charge is -2.42. The van der Waals surface area contributed by atoms with Crippen LogP contribution in [0.2, 0.25) is 5.02 Å². The van der Waals surface area contributed by atoms with Crippen LogP contribution in [0.5, 0.6) is 0 Å². The van der Waals surface area contributed by atoms with E-state index in [1.165, 1.54) is 10.2 Å². The van der Waals surface area contributed by atoms with Crippen molar-refractivity contribution in [3.8, 4) is 0 Å². The van der Waals surface area contributed by atoms with Crippen LogP contribution < -0.4 is 5.56 Å². The van der Waals surface area contributed by atoms with Gasteiger partial charge in [-0.05, 0) is 67.6 Å². The Morgan fingerprint density at radius 3 is 2.15 bits per heavy atom. The van der Waals surface area contributed by atoms with E-state index in [0.29, 0.717) is 28.9 Å². The highest BCUT2D eigenvalue weighted by Crippen LogP contribution is 2.41. The zero-order valence-electron chi connectivity index (χ0n) is 23.7. The summed E-state index contributed by atoms with van der Waals surface area (Å²) in [6, 6.07) is 25.1. The minimum absolute atomic E-state index is 0.288. The van der Waals surface area contributed by atoms with Gasteiger partial charge < -0.3 is 10.0 Å². The second-order valence-corrected chi connectivity index (χ2v) is 12.0. The Balaban J connectivity index is 1.69. The maximum atomic E-state index is 13.9. The first-order chi connectivity index (χ1) is 19.0. The molecule has 0 amide bonds. The lowest BCUT2D eigenvalue weighted by Crippen LogP contribution is -2.57. The lowest BCUT2D eigenvalue weighted by molar-refractivity contribution is -0.156. The summed E-state index contributed by atoms with van der Waals surface area (Å²) in [6.45, 7) is 7.28. The Bertz CT molecular complexity index is 1510. The Kier molecular flexibility index (Phi) is 9.12. The highest BCUT2D eigenvalue weighted by molar-refractivity contribution is 6.30. The molecule has 0 bridgehead atoms. The Labute approximate surface area is 241 Å². The van der Waals surface area contributed by atoms with Crippen molar-refractivity contribution in [2.75, 3.05) is 13.6 Å². The van der Waals surface area contributed by atoms with E-state index in [-0.39, 0.29) is 12.0 Å². The molecule has 0 saturated heterocycles. The zero-order valence-corrected chi connectivity index (χ0v) is 24.5. The number of halogens is 1. The SMILES string of the molecule is CN(CCCCC(C(=O)O)(n1nc(Cc2ccc(Cl)cc2)c2ccccc2c1=O)C(C)(C)C)Cc1ccccc1. The van der Waals surface area contributed by atoms with Crippen LogP contribution in [0.1, 0.15) is 56.9 Å². The molecular weight excluding hydrogens is 522 g/mol. The quantitative estimate of drug-likeness (QED) is 0.205. The van der Waals surface area contributed by atoms with Gasteiger partial charge >= 0.3 is 5.97 Å². The van der Waals surface area contributed by atoms with Crippen LogP contribution in [-0.4, -0.2) is 39.3 Å². The van der Waals surface area contributed by atoms with E-state index in [2.05, 4.69) is 24.1 Å². The van der Waals surface area contributed by atoms with E-state index in [1.54, 1.807) is 6.07 Å². The van der Waals surface area contributed by atoms with Crippen molar-refractivity contribution >= 4 is 28.3 Å². The summed E-state index contributed by atoms with van der Waals surface area (Å²) in [4.78, 5) is 29.4. The minimum Gasteiger partial charge on any atom is -0.479 e. The third kappa shape index (κ3) is 6.29. The summed E-state index contributed by atoms with van der Waals surface area (Å²) in [5, 5.41) is 17.5. The van der Waals surface area contributed by atoms with Crippen LogP contribution in [0, 0.1) is 5.41 Å². The van der Waals surface area contributed by atoms with E-state index in [9.17, 15) is 14.7 Å². The third-order valence-electron chi connectivity index (χ3n) is 7.75. The van der Waals surface area contributed by atoms with E-state index in [1.807, 2.05) is 81.4 Å². The third-order valence-corrected chi connectivity index (χ3v) is 8.00. The fourth-order valence-electron chi connectivity index (χ4n) is 5.49. The van der Waals surface area contributed by atoms with E-state index < -0.39 is 16.9 Å². The van der Waals surface area contributed by atoms with Crippen LogP contribution in [0.25, 0.3) is 10.8 Å². The van der Waals surface area contributed by atoms with Crippen molar-refractivity contribution in [1.29, 1.82) is 0 Å². The van der Waals surface area contributed by atoms with Crippen molar-refractivity contribution in [1.82, 2.24) is 14.7 Å². The van der Waals surface area contributed by atoms with Gasteiger partial charge in [-0.1, -0.05) is 93.0 Å². The van der Waals surface area contributed by atoms with Crippen molar-refractivity contribution < 1.29 is 9.90 Å². The molecule has 1 atom stereocenters. The first-order valence-electron chi connectivity index (χ1n) is 13.7. The monoisotopic (exact) mass is 559 g/mol. The molecule has 1 N–H and O–H groups in total. The van der Waals surface area contributed by atoms with Crippen LogP contribution in [0.3, 0.4) is 0 Å². The van der Waals surface area contributed by atoms with E-state index in [4.69, 9.17) is 16.7 Å². The summed E-state index contributed by atoms with van der Waals surface area (Å²) >= 11 is 6.09. The van der Waals surface area contributed by atoms with Crippen LogP contribution >= 0.6 is 11.6 Å². The fraction of sp³-hybridized carbons (Fsp3) is 0.364. The van der Waals surface area contributed by atoms with Crippen molar-refractivity contribution in [3.05, 3.63) is 111 Å². The standard InChI is InChI=1S/C33H38ClN3O3/c1-32(2,3)33(31(39)40,20-10-11-21-36(4)23-25-12-6-5-7-13-25)37-30(38)28-15-9-8-14-27(28)29(35-37)22-24-16-18-26(34)19-17-24/h5-9,12-19H,10-11,20-23H2,1-4H3,(H,39,40). The summed E-state index contributed by atoms with van der Waals surface area (Å²) in [5.41, 5.74) is 0.181. The van der Waals surface area contributed by atoms with Crippen LogP contribution in [0.15, 0.2) is 83.7 Å². The Morgan fingerprint density at radius 2 is 1.52 bits per heavy atom. The Morgan fingerprint density at radius 1 is 0.900 bits per heavy atom. The number of fused-ring (bicyclic) bond motifs is 1. The normalized spacial score (nSPS) is 13.4. The smallest absolute Gasteiger partial charge is 0.332 e. The van der Waals surface area contributed by atoms with Crippen molar-refractivity contribution in [2.24, 2.45) is 5.41 Å². The van der Waals surface area contributed by atoms with Gasteiger partial charge in [0.1, 0.15) is 0 Å². The number of nitrogens with zero attached hydrogens (tertiary/aromatic N) is 3. The van der Waals surface area contributed by atoms with Crippen LogP contribution in [0.4, 0.5) is 0 Å². The van der Waals surface area contributed by atoms with Crippen molar-refractivity contribution in [2.45, 2.75) is 58.5 Å².